The topological polar surface area (TPSA) is 82.2 Å². The number of H-pyrrole nitrogens is 1. The number of nitrogens with one attached hydrogen (secondary N) is 2. The second-order valence-corrected chi connectivity index (χ2v) is 8.09. The van der Waals surface area contributed by atoms with Gasteiger partial charge in [0.2, 0.25) is 10.0 Å². The number of aliphatic hydroxyl groups excluding tert-OH is 1. The van der Waals surface area contributed by atoms with E-state index in [9.17, 15) is 17.9 Å². The number of hydrogen-bond acceptors (Lipinski definition) is 3. The average molecular weight is 376 g/mol. The quantitative estimate of drug-likeness (QED) is 0.592. The summed E-state index contributed by atoms with van der Waals surface area (Å²) in [6.07, 6.45) is 1.13. The summed E-state index contributed by atoms with van der Waals surface area (Å²) in [5, 5.41) is 9.79. The van der Waals surface area contributed by atoms with Crippen LogP contribution in [0, 0.1) is 5.82 Å². The van der Waals surface area contributed by atoms with Crippen LogP contribution < -0.4 is 4.72 Å². The van der Waals surface area contributed by atoms with Gasteiger partial charge in [-0.15, -0.1) is 0 Å². The zero-order valence-electron chi connectivity index (χ0n) is 14.3. The SMILES string of the molecule is C[C@@H](O)C[C@@H](CNS(=O)(=O)c1c[nH]c2cccc(F)c12)c1ccccc1. The second-order valence-electron chi connectivity index (χ2n) is 6.36. The number of sulfonamides is 1. The van der Waals surface area contributed by atoms with Crippen molar-refractivity contribution >= 4 is 20.9 Å². The summed E-state index contributed by atoms with van der Waals surface area (Å²) in [4.78, 5) is 2.67. The lowest BCUT2D eigenvalue weighted by molar-refractivity contribution is 0.174. The van der Waals surface area contributed by atoms with E-state index in [1.54, 1.807) is 13.0 Å². The van der Waals surface area contributed by atoms with Gasteiger partial charge in [0.25, 0.3) is 0 Å². The molecule has 2 atom stereocenters. The molecule has 26 heavy (non-hydrogen) atoms. The highest BCUT2D eigenvalue weighted by atomic mass is 32.2. The van der Waals surface area contributed by atoms with E-state index < -0.39 is 21.9 Å². The molecular formula is C19H21FN2O3S. The second kappa shape index (κ2) is 7.57. The monoisotopic (exact) mass is 376 g/mol. The van der Waals surface area contributed by atoms with Gasteiger partial charge in [-0.25, -0.2) is 17.5 Å². The third kappa shape index (κ3) is 3.95. The van der Waals surface area contributed by atoms with E-state index in [4.69, 9.17) is 0 Å². The first-order valence-electron chi connectivity index (χ1n) is 8.37. The summed E-state index contributed by atoms with van der Waals surface area (Å²) < 4.78 is 42.1. The van der Waals surface area contributed by atoms with E-state index in [0.29, 0.717) is 11.9 Å². The van der Waals surface area contributed by atoms with Gasteiger partial charge >= 0.3 is 0 Å². The van der Waals surface area contributed by atoms with Crippen LogP contribution in [0.1, 0.15) is 24.8 Å². The van der Waals surface area contributed by atoms with Crippen molar-refractivity contribution in [2.24, 2.45) is 0 Å². The largest absolute Gasteiger partial charge is 0.393 e. The summed E-state index contributed by atoms with van der Waals surface area (Å²) in [7, 11) is -3.91. The highest BCUT2D eigenvalue weighted by Crippen LogP contribution is 2.26. The first-order chi connectivity index (χ1) is 12.4. The van der Waals surface area contributed by atoms with Crippen molar-refractivity contribution in [3.63, 3.8) is 0 Å². The molecule has 0 aliphatic carbocycles. The molecule has 0 bridgehead atoms. The normalized spacial score (nSPS) is 14.4. The molecule has 1 heterocycles. The number of aliphatic hydroxyl groups is 1. The molecule has 1 aromatic heterocycles. The maximum absolute atomic E-state index is 14.1. The van der Waals surface area contributed by atoms with Gasteiger partial charge in [-0.2, -0.15) is 0 Å². The Hall–Kier alpha value is -2.22. The van der Waals surface area contributed by atoms with Crippen molar-refractivity contribution in [3.05, 3.63) is 66.1 Å². The van der Waals surface area contributed by atoms with Gasteiger partial charge in [0.05, 0.1) is 11.5 Å². The highest BCUT2D eigenvalue weighted by Gasteiger charge is 2.23. The lowest BCUT2D eigenvalue weighted by Crippen LogP contribution is -2.29. The van der Waals surface area contributed by atoms with E-state index in [1.807, 2.05) is 30.3 Å². The van der Waals surface area contributed by atoms with Crippen LogP contribution in [-0.4, -0.2) is 31.2 Å². The fraction of sp³-hybridized carbons (Fsp3) is 0.263. The van der Waals surface area contributed by atoms with Gasteiger partial charge in [-0.1, -0.05) is 36.4 Å². The fourth-order valence-corrected chi connectivity index (χ4v) is 4.35. The minimum absolute atomic E-state index is 0.0480. The Balaban J connectivity index is 1.86. The Bertz CT molecular complexity index is 984. The maximum atomic E-state index is 14.1. The summed E-state index contributed by atoms with van der Waals surface area (Å²) in [5.41, 5.74) is 1.36. The fourth-order valence-electron chi connectivity index (χ4n) is 3.08. The lowest BCUT2D eigenvalue weighted by Gasteiger charge is -2.19. The Kier molecular flexibility index (Phi) is 5.41. The van der Waals surface area contributed by atoms with Crippen LogP contribution in [0.5, 0.6) is 0 Å². The summed E-state index contributed by atoms with van der Waals surface area (Å²) in [6.45, 7) is 1.78. The van der Waals surface area contributed by atoms with Crippen LogP contribution in [0.3, 0.4) is 0 Å². The third-order valence-electron chi connectivity index (χ3n) is 4.32. The summed E-state index contributed by atoms with van der Waals surface area (Å²) in [5.74, 6) is -0.784. The number of aromatic amines is 1. The number of fused-ring (bicyclic) bond motifs is 1. The number of halogens is 1. The van der Waals surface area contributed by atoms with Crippen molar-refractivity contribution in [1.82, 2.24) is 9.71 Å². The van der Waals surface area contributed by atoms with Gasteiger partial charge in [0.1, 0.15) is 10.7 Å². The number of rotatable bonds is 7. The van der Waals surface area contributed by atoms with Gasteiger partial charge in [-0.05, 0) is 37.0 Å². The molecule has 0 fully saturated rings. The molecular weight excluding hydrogens is 355 g/mol. The van der Waals surface area contributed by atoms with E-state index in [0.717, 1.165) is 5.56 Å². The number of benzene rings is 2. The maximum Gasteiger partial charge on any atom is 0.242 e. The molecule has 0 radical (unpaired) electrons. The van der Waals surface area contributed by atoms with E-state index in [-0.39, 0.29) is 22.7 Å². The zero-order valence-corrected chi connectivity index (χ0v) is 15.1. The molecule has 3 N–H and O–H groups in total. The molecule has 3 aromatic rings. The highest BCUT2D eigenvalue weighted by molar-refractivity contribution is 7.89. The standard InChI is InChI=1S/C19H21FN2O3S/c1-13(23)10-15(14-6-3-2-4-7-14)11-22-26(24,25)18-12-21-17-9-5-8-16(20)19(17)18/h2-9,12-13,15,21-23H,10-11H2,1H3/t13-,15+/m1/s1. The number of hydrogen-bond donors (Lipinski definition) is 3. The minimum atomic E-state index is -3.91. The summed E-state index contributed by atoms with van der Waals surface area (Å²) >= 11 is 0. The van der Waals surface area contributed by atoms with Crippen molar-refractivity contribution in [2.45, 2.75) is 30.3 Å². The van der Waals surface area contributed by atoms with Crippen molar-refractivity contribution < 1.29 is 17.9 Å². The smallest absolute Gasteiger partial charge is 0.242 e. The van der Waals surface area contributed by atoms with Gasteiger partial charge in [0, 0.05) is 18.3 Å². The molecule has 0 aliphatic heterocycles. The molecule has 2 aromatic carbocycles. The zero-order chi connectivity index (χ0) is 18.7. The van der Waals surface area contributed by atoms with Crippen molar-refractivity contribution in [1.29, 1.82) is 0 Å². The van der Waals surface area contributed by atoms with Crippen LogP contribution >= 0.6 is 0 Å². The van der Waals surface area contributed by atoms with E-state index in [1.165, 1.54) is 18.3 Å². The molecule has 0 saturated carbocycles. The predicted octanol–water partition coefficient (Wildman–Crippen LogP) is 3.14. The molecule has 0 amide bonds. The average Bonchev–Trinajstić information content (AvgIpc) is 3.05. The van der Waals surface area contributed by atoms with Crippen molar-refractivity contribution in [2.75, 3.05) is 6.54 Å². The molecule has 0 saturated heterocycles. The van der Waals surface area contributed by atoms with Crippen LogP contribution in [-0.2, 0) is 10.0 Å². The number of aromatic nitrogens is 1. The first-order valence-corrected chi connectivity index (χ1v) is 9.85. The Morgan fingerprint density at radius 1 is 1.15 bits per heavy atom. The molecule has 7 heteroatoms. The van der Waals surface area contributed by atoms with Gasteiger partial charge in [-0.3, -0.25) is 0 Å². The Morgan fingerprint density at radius 2 is 1.88 bits per heavy atom. The third-order valence-corrected chi connectivity index (χ3v) is 5.77. The van der Waals surface area contributed by atoms with Gasteiger partial charge < -0.3 is 10.1 Å². The molecule has 138 valence electrons. The summed E-state index contributed by atoms with van der Waals surface area (Å²) in [6, 6.07) is 13.8. The Morgan fingerprint density at radius 3 is 2.58 bits per heavy atom. The van der Waals surface area contributed by atoms with Crippen LogP contribution in [0.15, 0.2) is 59.6 Å². The molecule has 3 rings (SSSR count). The molecule has 0 aliphatic rings. The van der Waals surface area contributed by atoms with E-state index in [2.05, 4.69) is 9.71 Å². The van der Waals surface area contributed by atoms with Gasteiger partial charge in [0.15, 0.2) is 0 Å². The molecule has 5 nitrogen and oxygen atoms in total. The van der Waals surface area contributed by atoms with Crippen LogP contribution in [0.2, 0.25) is 0 Å². The Labute approximate surface area is 151 Å². The predicted molar refractivity (Wildman–Crippen MR) is 98.9 cm³/mol. The first kappa shape index (κ1) is 18.6. The molecule has 0 unspecified atom stereocenters. The van der Waals surface area contributed by atoms with Crippen LogP contribution in [0.4, 0.5) is 4.39 Å². The minimum Gasteiger partial charge on any atom is -0.393 e. The van der Waals surface area contributed by atoms with E-state index >= 15 is 0 Å². The van der Waals surface area contributed by atoms with Crippen molar-refractivity contribution in [3.8, 4) is 0 Å². The lowest BCUT2D eigenvalue weighted by atomic mass is 9.94. The van der Waals surface area contributed by atoms with Crippen LogP contribution in [0.25, 0.3) is 10.9 Å². The molecule has 0 spiro atoms.